The molecule has 0 radical (unpaired) electrons. The third-order valence-corrected chi connectivity index (χ3v) is 1.23. The highest BCUT2D eigenvalue weighted by atomic mass is 32.2. The molecule has 11 heavy (non-hydrogen) atoms. The van der Waals surface area contributed by atoms with Gasteiger partial charge < -0.3 is 0 Å². The molecule has 0 bridgehead atoms. The van der Waals surface area contributed by atoms with Crippen molar-refractivity contribution < 1.29 is 12.6 Å². The molecule has 0 unspecified atom stereocenters. The number of allylic oxidation sites excluding steroid dienone is 3. The molecule has 0 aromatic rings. The Balaban J connectivity index is 3.59. The van der Waals surface area contributed by atoms with Crippen LogP contribution in [0, 0.1) is 0 Å². The van der Waals surface area contributed by atoms with Gasteiger partial charge in [0, 0.05) is 0 Å². The molecular weight excluding hydrogens is 166 g/mol. The van der Waals surface area contributed by atoms with Crippen molar-refractivity contribution in [2.75, 3.05) is 6.61 Å². The van der Waals surface area contributed by atoms with Gasteiger partial charge in [0.25, 0.3) is 0 Å². The van der Waals surface area contributed by atoms with Crippen LogP contribution in [0.4, 0.5) is 0 Å². The van der Waals surface area contributed by atoms with E-state index < -0.39 is 10.3 Å². The number of hydrogen-bond donors (Lipinski definition) is 1. The van der Waals surface area contributed by atoms with E-state index in [1.807, 2.05) is 13.0 Å². The molecule has 0 saturated heterocycles. The first kappa shape index (κ1) is 10.3. The molecule has 4 nitrogen and oxygen atoms in total. The normalized spacial score (nSPS) is 13.3. The second-order valence-electron chi connectivity index (χ2n) is 1.73. The van der Waals surface area contributed by atoms with Crippen molar-refractivity contribution in [2.24, 2.45) is 5.14 Å². The average Bonchev–Trinajstić information content (AvgIpc) is 1.85. The highest BCUT2D eigenvalue weighted by molar-refractivity contribution is 7.84. The van der Waals surface area contributed by atoms with E-state index in [4.69, 9.17) is 0 Å². The minimum Gasteiger partial charge on any atom is -0.254 e. The Labute approximate surface area is 66.6 Å². The van der Waals surface area contributed by atoms with Gasteiger partial charge in [0.1, 0.15) is 0 Å². The Morgan fingerprint density at radius 2 is 2.09 bits per heavy atom. The molecule has 0 heterocycles. The van der Waals surface area contributed by atoms with Gasteiger partial charge in [0.15, 0.2) is 0 Å². The quantitative estimate of drug-likeness (QED) is 0.629. The zero-order valence-electron chi connectivity index (χ0n) is 6.23. The van der Waals surface area contributed by atoms with Crippen molar-refractivity contribution in [2.45, 2.75) is 6.92 Å². The summed E-state index contributed by atoms with van der Waals surface area (Å²) in [7, 11) is -3.79. The van der Waals surface area contributed by atoms with Gasteiger partial charge in [-0.3, -0.25) is 4.18 Å². The maximum absolute atomic E-state index is 10.2. The minimum absolute atomic E-state index is 0.0246. The first-order valence-electron chi connectivity index (χ1n) is 3.01. The molecule has 0 spiro atoms. The lowest BCUT2D eigenvalue weighted by atomic mass is 10.4. The van der Waals surface area contributed by atoms with E-state index >= 15 is 0 Å². The summed E-state index contributed by atoms with van der Waals surface area (Å²) >= 11 is 0. The number of hydrogen-bond acceptors (Lipinski definition) is 3. The lowest BCUT2D eigenvalue weighted by Crippen LogP contribution is -2.15. The van der Waals surface area contributed by atoms with Crippen molar-refractivity contribution in [3.8, 4) is 0 Å². The third-order valence-electron chi connectivity index (χ3n) is 0.768. The van der Waals surface area contributed by atoms with Crippen LogP contribution in [-0.2, 0) is 14.5 Å². The van der Waals surface area contributed by atoms with Crippen LogP contribution >= 0.6 is 0 Å². The van der Waals surface area contributed by atoms with Crippen LogP contribution in [0.1, 0.15) is 6.92 Å². The van der Waals surface area contributed by atoms with Crippen LogP contribution in [0.3, 0.4) is 0 Å². The molecule has 0 atom stereocenters. The van der Waals surface area contributed by atoms with Crippen LogP contribution in [0.15, 0.2) is 24.3 Å². The standard InChI is InChI=1S/C6H11NO3S/c1-2-3-4-5-6-10-11(7,8)9/h2-5H,6H2,1H3,(H2,7,8,9)/b3-2-,5-4-. The van der Waals surface area contributed by atoms with Gasteiger partial charge in [-0.2, -0.15) is 8.42 Å². The molecule has 0 rings (SSSR count). The van der Waals surface area contributed by atoms with Gasteiger partial charge in [-0.15, -0.1) is 0 Å². The third kappa shape index (κ3) is 9.35. The van der Waals surface area contributed by atoms with Crippen molar-refractivity contribution in [1.29, 1.82) is 0 Å². The van der Waals surface area contributed by atoms with E-state index in [0.29, 0.717) is 0 Å². The van der Waals surface area contributed by atoms with Crippen molar-refractivity contribution in [3.63, 3.8) is 0 Å². The Hall–Kier alpha value is -0.650. The lowest BCUT2D eigenvalue weighted by Gasteiger charge is -1.92. The summed E-state index contributed by atoms with van der Waals surface area (Å²) in [5.74, 6) is 0. The second-order valence-corrected chi connectivity index (χ2v) is 2.95. The maximum Gasteiger partial charge on any atom is 0.333 e. The Morgan fingerprint density at radius 1 is 1.45 bits per heavy atom. The lowest BCUT2D eigenvalue weighted by molar-refractivity contribution is 0.358. The summed E-state index contributed by atoms with van der Waals surface area (Å²) in [6.07, 6.45) is 6.79. The molecule has 0 aliphatic rings. The SMILES string of the molecule is C/C=C\C=C/COS(N)(=O)=O. The second kappa shape index (κ2) is 5.06. The van der Waals surface area contributed by atoms with Gasteiger partial charge >= 0.3 is 10.3 Å². The summed E-state index contributed by atoms with van der Waals surface area (Å²) in [6.45, 7) is 1.83. The predicted molar refractivity (Wildman–Crippen MR) is 43.0 cm³/mol. The van der Waals surface area contributed by atoms with Crippen LogP contribution in [0.5, 0.6) is 0 Å². The summed E-state index contributed by atoms with van der Waals surface area (Å²) in [5, 5.41) is 4.55. The van der Waals surface area contributed by atoms with Gasteiger partial charge in [-0.25, -0.2) is 5.14 Å². The van der Waals surface area contributed by atoms with E-state index in [1.54, 1.807) is 18.2 Å². The molecule has 2 N–H and O–H groups in total. The van der Waals surface area contributed by atoms with E-state index in [1.165, 1.54) is 0 Å². The predicted octanol–water partition coefficient (Wildman–Crippen LogP) is 0.339. The molecule has 0 saturated carbocycles. The maximum atomic E-state index is 10.2. The molecule has 0 aliphatic heterocycles. The molecular formula is C6H11NO3S. The Morgan fingerprint density at radius 3 is 2.55 bits per heavy atom. The summed E-state index contributed by atoms with van der Waals surface area (Å²) in [4.78, 5) is 0. The number of nitrogens with two attached hydrogens (primary N) is 1. The molecule has 64 valence electrons. The molecule has 0 amide bonds. The smallest absolute Gasteiger partial charge is 0.254 e. The van der Waals surface area contributed by atoms with Crippen LogP contribution in [-0.4, -0.2) is 15.0 Å². The van der Waals surface area contributed by atoms with Crippen molar-refractivity contribution in [3.05, 3.63) is 24.3 Å². The largest absolute Gasteiger partial charge is 0.333 e. The van der Waals surface area contributed by atoms with E-state index in [0.717, 1.165) is 0 Å². The average molecular weight is 177 g/mol. The van der Waals surface area contributed by atoms with E-state index in [9.17, 15) is 8.42 Å². The van der Waals surface area contributed by atoms with Crippen LogP contribution < -0.4 is 5.14 Å². The number of rotatable bonds is 4. The minimum atomic E-state index is -3.79. The van der Waals surface area contributed by atoms with E-state index in [2.05, 4.69) is 9.32 Å². The molecule has 5 heteroatoms. The molecule has 0 aromatic carbocycles. The van der Waals surface area contributed by atoms with E-state index in [-0.39, 0.29) is 6.61 Å². The van der Waals surface area contributed by atoms with Gasteiger partial charge in [-0.1, -0.05) is 24.3 Å². The van der Waals surface area contributed by atoms with Crippen molar-refractivity contribution >= 4 is 10.3 Å². The Bertz CT molecular complexity index is 241. The van der Waals surface area contributed by atoms with Gasteiger partial charge in [0.05, 0.1) is 6.61 Å². The fourth-order valence-electron chi connectivity index (χ4n) is 0.379. The fraction of sp³-hybridized carbons (Fsp3) is 0.333. The van der Waals surface area contributed by atoms with Crippen LogP contribution in [0.2, 0.25) is 0 Å². The Kier molecular flexibility index (Phi) is 4.76. The van der Waals surface area contributed by atoms with Gasteiger partial charge in [0.2, 0.25) is 0 Å². The summed E-state index contributed by atoms with van der Waals surface area (Å²) < 4.78 is 24.5. The van der Waals surface area contributed by atoms with Crippen molar-refractivity contribution in [1.82, 2.24) is 0 Å². The zero-order valence-corrected chi connectivity index (χ0v) is 7.04. The first-order chi connectivity index (χ1) is 5.06. The highest BCUT2D eigenvalue weighted by Gasteiger charge is 1.96. The topological polar surface area (TPSA) is 69.4 Å². The zero-order chi connectivity index (χ0) is 8.74. The first-order valence-corrected chi connectivity index (χ1v) is 4.48. The monoisotopic (exact) mass is 177 g/mol. The fourth-order valence-corrected chi connectivity index (χ4v) is 0.648. The summed E-state index contributed by atoms with van der Waals surface area (Å²) in [6, 6.07) is 0. The molecule has 0 fully saturated rings. The molecule has 0 aromatic heterocycles. The highest BCUT2D eigenvalue weighted by Crippen LogP contribution is 1.83. The summed E-state index contributed by atoms with van der Waals surface area (Å²) in [5.41, 5.74) is 0. The van der Waals surface area contributed by atoms with Gasteiger partial charge in [-0.05, 0) is 6.92 Å². The molecule has 0 aliphatic carbocycles. The van der Waals surface area contributed by atoms with Crippen LogP contribution in [0.25, 0.3) is 0 Å².